The number of nitrogens with one attached hydrogen (secondary N) is 1. The summed E-state index contributed by atoms with van der Waals surface area (Å²) in [6.45, 7) is 11.0. The number of benzene rings is 1. The van der Waals surface area contributed by atoms with E-state index in [0.717, 1.165) is 30.4 Å². The first-order chi connectivity index (χ1) is 14.6. The third-order valence-corrected chi connectivity index (χ3v) is 5.27. The maximum Gasteiger partial charge on any atom is 0.226 e. The fourth-order valence-electron chi connectivity index (χ4n) is 3.76. The van der Waals surface area contributed by atoms with Crippen LogP contribution in [0.2, 0.25) is 5.28 Å². The molecule has 30 heavy (non-hydrogen) atoms. The van der Waals surface area contributed by atoms with E-state index in [0.29, 0.717) is 24.3 Å². The second-order valence-electron chi connectivity index (χ2n) is 7.02. The smallest absolute Gasteiger partial charge is 0.226 e. The Morgan fingerprint density at radius 3 is 2.60 bits per heavy atom. The van der Waals surface area contributed by atoms with Gasteiger partial charge >= 0.3 is 0 Å². The second-order valence-corrected chi connectivity index (χ2v) is 7.36. The highest BCUT2D eigenvalue weighted by molar-refractivity contribution is 6.28. The first-order valence-electron chi connectivity index (χ1n) is 10.9. The number of nitrogens with zero attached hydrogens (tertiary/aromatic N) is 4. The average molecular weight is 432 g/mol. The van der Waals surface area contributed by atoms with Gasteiger partial charge in [0.15, 0.2) is 17.0 Å². The fraction of sp³-hybridized carbons (Fsp3) is 0.522. The molecule has 6 nitrogen and oxygen atoms in total. The summed E-state index contributed by atoms with van der Waals surface area (Å²) in [5.74, 6) is 1.01. The van der Waals surface area contributed by atoms with Gasteiger partial charge in [0.1, 0.15) is 0 Å². The van der Waals surface area contributed by atoms with Crippen molar-refractivity contribution in [3.05, 3.63) is 47.0 Å². The summed E-state index contributed by atoms with van der Waals surface area (Å²) in [6.07, 6.45) is 4.80. The predicted molar refractivity (Wildman–Crippen MR) is 125 cm³/mol. The van der Waals surface area contributed by atoms with Gasteiger partial charge in [0.25, 0.3) is 0 Å². The summed E-state index contributed by atoms with van der Waals surface area (Å²) in [5.41, 5.74) is 3.88. The Bertz CT molecular complexity index is 927. The van der Waals surface area contributed by atoms with Gasteiger partial charge in [0.2, 0.25) is 5.28 Å². The monoisotopic (exact) mass is 431 g/mol. The van der Waals surface area contributed by atoms with E-state index in [1.54, 1.807) is 0 Å². The molecule has 164 valence electrons. The molecule has 4 rings (SSSR count). The van der Waals surface area contributed by atoms with Gasteiger partial charge in [-0.2, -0.15) is 9.97 Å². The van der Waals surface area contributed by atoms with Gasteiger partial charge in [-0.25, -0.2) is 4.98 Å². The summed E-state index contributed by atoms with van der Waals surface area (Å²) in [5, 5.41) is 13.0. The summed E-state index contributed by atoms with van der Waals surface area (Å²) >= 11 is 6.18. The number of aromatic nitrogens is 4. The lowest BCUT2D eigenvalue weighted by atomic mass is 10.1. The van der Waals surface area contributed by atoms with Crippen molar-refractivity contribution < 1.29 is 5.11 Å². The van der Waals surface area contributed by atoms with Crippen LogP contribution in [-0.2, 0) is 6.54 Å². The Kier molecular flexibility index (Phi) is 9.53. The summed E-state index contributed by atoms with van der Waals surface area (Å²) in [4.78, 5) is 13.3. The topological polar surface area (TPSA) is 75.9 Å². The van der Waals surface area contributed by atoms with Crippen LogP contribution in [0.5, 0.6) is 0 Å². The fourth-order valence-corrected chi connectivity index (χ4v) is 3.92. The first kappa shape index (κ1) is 24.1. The Balaban J connectivity index is 0.000000757. The maximum absolute atomic E-state index is 9.40. The number of imidazole rings is 1. The lowest BCUT2D eigenvalue weighted by Crippen LogP contribution is -2.08. The molecule has 1 fully saturated rings. The Morgan fingerprint density at radius 2 is 1.93 bits per heavy atom. The molecule has 0 saturated heterocycles. The van der Waals surface area contributed by atoms with Crippen LogP contribution in [0.4, 0.5) is 5.82 Å². The van der Waals surface area contributed by atoms with Crippen molar-refractivity contribution in [2.24, 2.45) is 5.92 Å². The molecule has 2 N–H and O–H groups in total. The van der Waals surface area contributed by atoms with E-state index in [2.05, 4.69) is 50.0 Å². The molecule has 1 aliphatic rings. The third-order valence-electron chi connectivity index (χ3n) is 5.10. The van der Waals surface area contributed by atoms with Crippen LogP contribution in [0.3, 0.4) is 0 Å². The molecule has 0 radical (unpaired) electrons. The number of aryl methyl sites for hydroxylation is 1. The number of aliphatic hydroxyl groups excluding tert-OH is 1. The van der Waals surface area contributed by atoms with Gasteiger partial charge in [-0.15, -0.1) is 0 Å². The molecular weight excluding hydrogens is 398 g/mol. The standard InChI is InChI=1S/C19H22ClN5O.2C2H6/c1-12-3-2-4-13(7-12)9-21-17-16-18(24-19(20)23-17)25(11-22-16)15-6-5-14(8-15)10-26;2*1-2/h2-4,7,11,14-15,26H,5-6,8-10H2,1H3,(H,21,23,24);2*1-2H3. The van der Waals surface area contributed by atoms with Crippen LogP contribution in [0.25, 0.3) is 11.2 Å². The van der Waals surface area contributed by atoms with Gasteiger partial charge in [0.05, 0.1) is 6.33 Å². The van der Waals surface area contributed by atoms with Crippen molar-refractivity contribution in [2.45, 2.75) is 66.5 Å². The molecule has 1 aliphatic carbocycles. The number of anilines is 1. The molecule has 0 bridgehead atoms. The van der Waals surface area contributed by atoms with Crippen molar-refractivity contribution in [3.63, 3.8) is 0 Å². The number of rotatable bonds is 5. The second kappa shape index (κ2) is 11.9. The normalized spacial score (nSPS) is 17.7. The van der Waals surface area contributed by atoms with E-state index in [4.69, 9.17) is 11.6 Å². The van der Waals surface area contributed by atoms with Gasteiger partial charge in [-0.05, 0) is 49.3 Å². The minimum atomic E-state index is 0.211. The van der Waals surface area contributed by atoms with Gasteiger partial charge in [0, 0.05) is 19.2 Å². The Morgan fingerprint density at radius 1 is 1.17 bits per heavy atom. The van der Waals surface area contributed by atoms with E-state index in [-0.39, 0.29) is 11.9 Å². The van der Waals surface area contributed by atoms with Crippen LogP contribution >= 0.6 is 11.6 Å². The Labute approximate surface area is 184 Å². The van der Waals surface area contributed by atoms with E-state index in [1.807, 2.05) is 40.1 Å². The quantitative estimate of drug-likeness (QED) is 0.500. The molecule has 2 aromatic heterocycles. The van der Waals surface area contributed by atoms with Gasteiger partial charge < -0.3 is 15.0 Å². The molecule has 0 aliphatic heterocycles. The molecule has 7 heteroatoms. The van der Waals surface area contributed by atoms with Crippen LogP contribution < -0.4 is 5.32 Å². The van der Waals surface area contributed by atoms with Crippen LogP contribution in [0.1, 0.15) is 64.1 Å². The van der Waals surface area contributed by atoms with Crippen molar-refractivity contribution >= 4 is 28.6 Å². The van der Waals surface area contributed by atoms with E-state index < -0.39 is 0 Å². The van der Waals surface area contributed by atoms with E-state index in [1.165, 1.54) is 11.1 Å². The highest BCUT2D eigenvalue weighted by Gasteiger charge is 2.27. The zero-order chi connectivity index (χ0) is 22.1. The summed E-state index contributed by atoms with van der Waals surface area (Å²) in [6, 6.07) is 8.63. The van der Waals surface area contributed by atoms with E-state index >= 15 is 0 Å². The highest BCUT2D eigenvalue weighted by Crippen LogP contribution is 2.36. The highest BCUT2D eigenvalue weighted by atomic mass is 35.5. The van der Waals surface area contributed by atoms with Crippen molar-refractivity contribution in [1.29, 1.82) is 0 Å². The van der Waals surface area contributed by atoms with Crippen LogP contribution in [0.15, 0.2) is 30.6 Å². The van der Waals surface area contributed by atoms with Gasteiger partial charge in [-0.3, -0.25) is 0 Å². The lowest BCUT2D eigenvalue weighted by molar-refractivity contribution is 0.226. The average Bonchev–Trinajstić information content (AvgIpc) is 3.41. The van der Waals surface area contributed by atoms with Crippen LogP contribution in [0, 0.1) is 12.8 Å². The van der Waals surface area contributed by atoms with Crippen LogP contribution in [-0.4, -0.2) is 31.2 Å². The molecule has 2 atom stereocenters. The largest absolute Gasteiger partial charge is 0.396 e. The van der Waals surface area contributed by atoms with E-state index in [9.17, 15) is 5.11 Å². The molecule has 1 saturated carbocycles. The zero-order valence-electron chi connectivity index (χ0n) is 18.7. The molecule has 2 unspecified atom stereocenters. The molecule has 2 heterocycles. The van der Waals surface area contributed by atoms with Crippen molar-refractivity contribution in [3.8, 4) is 0 Å². The minimum Gasteiger partial charge on any atom is -0.396 e. The van der Waals surface area contributed by atoms with Crippen molar-refractivity contribution in [1.82, 2.24) is 19.5 Å². The number of hydrogen-bond donors (Lipinski definition) is 2. The summed E-state index contributed by atoms with van der Waals surface area (Å²) in [7, 11) is 0. The predicted octanol–water partition coefficient (Wildman–Crippen LogP) is 5.79. The van der Waals surface area contributed by atoms with Crippen molar-refractivity contribution in [2.75, 3.05) is 11.9 Å². The molecular formula is C23H34ClN5O. The summed E-state index contributed by atoms with van der Waals surface area (Å²) < 4.78 is 2.08. The molecule has 0 spiro atoms. The number of fused-ring (bicyclic) bond motifs is 1. The zero-order valence-corrected chi connectivity index (χ0v) is 19.4. The molecule has 0 amide bonds. The minimum absolute atomic E-state index is 0.211. The number of halogens is 1. The number of hydrogen-bond acceptors (Lipinski definition) is 5. The van der Waals surface area contributed by atoms with Gasteiger partial charge in [-0.1, -0.05) is 57.5 Å². The maximum atomic E-state index is 9.40. The Hall–Kier alpha value is -2.18. The first-order valence-corrected chi connectivity index (χ1v) is 11.3. The molecule has 3 aromatic rings. The SMILES string of the molecule is CC.CC.Cc1cccc(CNc2nc(Cl)nc3c2ncn3C2CCC(CO)C2)c1. The number of aliphatic hydroxyl groups is 1. The lowest BCUT2D eigenvalue weighted by Gasteiger charge is -2.13. The third kappa shape index (κ3) is 5.70. The molecule has 1 aromatic carbocycles.